The zero-order chi connectivity index (χ0) is 11.5. The highest BCUT2D eigenvalue weighted by atomic mass is 32.1. The minimum atomic E-state index is -0.190. The number of aromatic nitrogens is 2. The molecule has 0 unspecified atom stereocenters. The van der Waals surface area contributed by atoms with Crippen molar-refractivity contribution in [2.24, 2.45) is 0 Å². The number of thiol groups is 1. The Balaban J connectivity index is 2.11. The first-order valence-electron chi connectivity index (χ1n) is 4.56. The normalized spacial score (nSPS) is 10.1. The van der Waals surface area contributed by atoms with Gasteiger partial charge in [-0.25, -0.2) is 4.98 Å². The van der Waals surface area contributed by atoms with Crippen LogP contribution in [0.3, 0.4) is 0 Å². The van der Waals surface area contributed by atoms with Gasteiger partial charge in [0.05, 0.1) is 0 Å². The van der Waals surface area contributed by atoms with Crippen LogP contribution < -0.4 is 5.32 Å². The summed E-state index contributed by atoms with van der Waals surface area (Å²) in [5.74, 6) is 0.468. The largest absolute Gasteiger partial charge is 0.297 e. The Bertz CT molecular complexity index is 507. The third-order valence-corrected chi connectivity index (χ3v) is 2.90. The van der Waals surface area contributed by atoms with Crippen LogP contribution in [-0.2, 0) is 0 Å². The highest BCUT2D eigenvalue weighted by molar-refractivity contribution is 7.80. The van der Waals surface area contributed by atoms with E-state index < -0.39 is 0 Å². The Morgan fingerprint density at radius 3 is 2.62 bits per heavy atom. The molecule has 6 heteroatoms. The SMILES string of the molecule is Cc1nsc(NC(=O)c2ccc(S)cc2)n1. The Labute approximate surface area is 102 Å². The van der Waals surface area contributed by atoms with Crippen molar-refractivity contribution in [3.63, 3.8) is 0 Å². The van der Waals surface area contributed by atoms with Crippen molar-refractivity contribution >= 4 is 35.2 Å². The summed E-state index contributed by atoms with van der Waals surface area (Å²) in [7, 11) is 0. The van der Waals surface area contributed by atoms with Gasteiger partial charge < -0.3 is 0 Å². The number of carbonyl (C=O) groups is 1. The molecule has 1 aromatic heterocycles. The number of amides is 1. The number of hydrogen-bond acceptors (Lipinski definition) is 5. The molecule has 2 aromatic rings. The van der Waals surface area contributed by atoms with Crippen LogP contribution >= 0.6 is 24.2 Å². The molecule has 2 rings (SSSR count). The maximum absolute atomic E-state index is 11.7. The van der Waals surface area contributed by atoms with Crippen molar-refractivity contribution in [2.45, 2.75) is 11.8 Å². The van der Waals surface area contributed by atoms with E-state index in [9.17, 15) is 4.79 Å². The molecule has 0 fully saturated rings. The van der Waals surface area contributed by atoms with E-state index in [0.717, 1.165) is 4.90 Å². The number of hydrogen-bond donors (Lipinski definition) is 2. The van der Waals surface area contributed by atoms with Crippen LogP contribution in [0.2, 0.25) is 0 Å². The van der Waals surface area contributed by atoms with Crippen LogP contribution in [0.15, 0.2) is 29.2 Å². The lowest BCUT2D eigenvalue weighted by atomic mass is 10.2. The predicted molar refractivity (Wildman–Crippen MR) is 66.3 cm³/mol. The third kappa shape index (κ3) is 2.59. The zero-order valence-corrected chi connectivity index (χ0v) is 10.2. The monoisotopic (exact) mass is 251 g/mol. The molecule has 1 N–H and O–H groups in total. The smallest absolute Gasteiger partial charge is 0.257 e. The minimum Gasteiger partial charge on any atom is -0.297 e. The van der Waals surface area contributed by atoms with Crippen molar-refractivity contribution in [1.82, 2.24) is 9.36 Å². The minimum absolute atomic E-state index is 0.190. The van der Waals surface area contributed by atoms with E-state index in [-0.39, 0.29) is 5.91 Å². The molecule has 0 saturated carbocycles. The summed E-state index contributed by atoms with van der Waals surface area (Å²) in [4.78, 5) is 16.6. The molecule has 0 aliphatic heterocycles. The van der Waals surface area contributed by atoms with Gasteiger partial charge in [0, 0.05) is 22.0 Å². The predicted octanol–water partition coefficient (Wildman–Crippen LogP) is 2.39. The van der Waals surface area contributed by atoms with Crippen LogP contribution in [0, 0.1) is 6.92 Å². The van der Waals surface area contributed by atoms with E-state index in [1.807, 2.05) is 0 Å². The lowest BCUT2D eigenvalue weighted by Gasteiger charge is -2.00. The number of anilines is 1. The molecule has 0 atom stereocenters. The van der Waals surface area contributed by atoms with E-state index in [1.54, 1.807) is 31.2 Å². The van der Waals surface area contributed by atoms with Crippen molar-refractivity contribution in [1.29, 1.82) is 0 Å². The highest BCUT2D eigenvalue weighted by Crippen LogP contribution is 2.13. The Morgan fingerprint density at radius 1 is 1.38 bits per heavy atom. The fourth-order valence-electron chi connectivity index (χ4n) is 1.13. The van der Waals surface area contributed by atoms with Gasteiger partial charge in [-0.2, -0.15) is 4.37 Å². The second-order valence-electron chi connectivity index (χ2n) is 3.15. The number of aryl methyl sites for hydroxylation is 1. The molecule has 16 heavy (non-hydrogen) atoms. The fraction of sp³-hybridized carbons (Fsp3) is 0.100. The van der Waals surface area contributed by atoms with Crippen molar-refractivity contribution < 1.29 is 4.79 Å². The molecule has 0 aliphatic rings. The van der Waals surface area contributed by atoms with Gasteiger partial charge in [-0.05, 0) is 31.2 Å². The van der Waals surface area contributed by atoms with Crippen LogP contribution in [0.1, 0.15) is 16.2 Å². The lowest BCUT2D eigenvalue weighted by Crippen LogP contribution is -2.11. The molecule has 82 valence electrons. The molecule has 0 aliphatic carbocycles. The van der Waals surface area contributed by atoms with Crippen LogP contribution in [0.25, 0.3) is 0 Å². The summed E-state index contributed by atoms with van der Waals surface area (Å²) < 4.78 is 3.98. The third-order valence-electron chi connectivity index (χ3n) is 1.88. The summed E-state index contributed by atoms with van der Waals surface area (Å²) in [6.45, 7) is 1.78. The van der Waals surface area contributed by atoms with Gasteiger partial charge in [-0.1, -0.05) is 0 Å². The Kier molecular flexibility index (Phi) is 3.21. The zero-order valence-electron chi connectivity index (χ0n) is 8.47. The van der Waals surface area contributed by atoms with Gasteiger partial charge in [0.25, 0.3) is 5.91 Å². The summed E-state index contributed by atoms with van der Waals surface area (Å²) in [6.07, 6.45) is 0. The molecular formula is C10H9N3OS2. The van der Waals surface area contributed by atoms with E-state index in [0.29, 0.717) is 16.5 Å². The van der Waals surface area contributed by atoms with E-state index in [1.165, 1.54) is 11.5 Å². The first-order chi connectivity index (χ1) is 7.65. The maximum Gasteiger partial charge on any atom is 0.257 e. The fourth-order valence-corrected chi connectivity index (χ4v) is 1.85. The van der Waals surface area contributed by atoms with Gasteiger partial charge >= 0.3 is 0 Å². The van der Waals surface area contributed by atoms with E-state index in [4.69, 9.17) is 0 Å². The van der Waals surface area contributed by atoms with Crippen LogP contribution in [-0.4, -0.2) is 15.3 Å². The number of carbonyl (C=O) groups excluding carboxylic acids is 1. The standard InChI is InChI=1S/C10H9N3OS2/c1-6-11-10(16-13-6)12-9(14)7-2-4-8(15)5-3-7/h2-5,15H,1H3,(H,11,12,13,14). The van der Waals surface area contributed by atoms with Gasteiger partial charge in [0.15, 0.2) is 0 Å². The Hall–Kier alpha value is -1.40. The molecular weight excluding hydrogens is 242 g/mol. The average molecular weight is 251 g/mol. The maximum atomic E-state index is 11.7. The average Bonchev–Trinajstić information content (AvgIpc) is 2.65. The highest BCUT2D eigenvalue weighted by Gasteiger charge is 2.08. The summed E-state index contributed by atoms with van der Waals surface area (Å²) in [5, 5.41) is 3.19. The van der Waals surface area contributed by atoms with E-state index >= 15 is 0 Å². The second-order valence-corrected chi connectivity index (χ2v) is 4.42. The molecule has 0 saturated heterocycles. The lowest BCUT2D eigenvalue weighted by molar-refractivity contribution is 0.102. The van der Waals surface area contributed by atoms with Gasteiger partial charge in [0.1, 0.15) is 5.82 Å². The second kappa shape index (κ2) is 4.63. The molecule has 0 radical (unpaired) electrons. The molecule has 1 amide bonds. The van der Waals surface area contributed by atoms with Crippen molar-refractivity contribution in [3.05, 3.63) is 35.7 Å². The number of nitrogens with one attached hydrogen (secondary N) is 1. The van der Waals surface area contributed by atoms with Gasteiger partial charge in [-0.15, -0.1) is 12.6 Å². The summed E-state index contributed by atoms with van der Waals surface area (Å²) in [6, 6.07) is 6.96. The summed E-state index contributed by atoms with van der Waals surface area (Å²) >= 11 is 5.32. The van der Waals surface area contributed by atoms with Crippen molar-refractivity contribution in [3.8, 4) is 0 Å². The van der Waals surface area contributed by atoms with Gasteiger partial charge in [-0.3, -0.25) is 10.1 Å². The number of nitrogens with zero attached hydrogens (tertiary/aromatic N) is 2. The van der Waals surface area contributed by atoms with Gasteiger partial charge in [0.2, 0.25) is 5.13 Å². The summed E-state index contributed by atoms with van der Waals surface area (Å²) in [5.41, 5.74) is 0.575. The molecule has 0 bridgehead atoms. The quantitative estimate of drug-likeness (QED) is 0.806. The molecule has 0 spiro atoms. The molecule has 1 heterocycles. The first-order valence-corrected chi connectivity index (χ1v) is 5.78. The Morgan fingerprint density at radius 2 is 2.06 bits per heavy atom. The molecule has 1 aromatic carbocycles. The van der Waals surface area contributed by atoms with E-state index in [2.05, 4.69) is 27.3 Å². The molecule has 4 nitrogen and oxygen atoms in total. The van der Waals surface area contributed by atoms with Crippen LogP contribution in [0.5, 0.6) is 0 Å². The van der Waals surface area contributed by atoms with Crippen molar-refractivity contribution in [2.75, 3.05) is 5.32 Å². The number of benzene rings is 1. The number of rotatable bonds is 2. The topological polar surface area (TPSA) is 54.9 Å². The van der Waals surface area contributed by atoms with Crippen LogP contribution in [0.4, 0.5) is 5.13 Å². The first kappa shape index (κ1) is 11.1.